The monoisotopic (exact) mass is 406 g/mol. The fraction of sp³-hybridized carbons (Fsp3) is 0.692. The summed E-state index contributed by atoms with van der Waals surface area (Å²) in [6.07, 6.45) is 17.8. The van der Waals surface area contributed by atoms with E-state index < -0.39 is 6.08 Å². The maximum atomic E-state index is 12.3. The van der Waals surface area contributed by atoms with Crippen LogP contribution in [0.2, 0.25) is 0 Å². The van der Waals surface area contributed by atoms with E-state index >= 15 is 0 Å². The average Bonchev–Trinajstić information content (AvgIpc) is 2.73. The molecule has 0 N–H and O–H groups in total. The number of rotatable bonds is 14. The number of hydrogen-bond donors (Lipinski definition) is 0. The molecule has 1 fully saturated rings. The second-order valence-electron chi connectivity index (χ2n) is 8.63. The van der Waals surface area contributed by atoms with Crippen LogP contribution in [0.5, 0.6) is 0 Å². The first kappa shape index (κ1) is 24.1. The molecule has 0 aliphatic heterocycles. The average molecular weight is 407 g/mol. The van der Waals surface area contributed by atoms with Gasteiger partial charge in [-0.2, -0.15) is 8.78 Å². The number of unbranched alkanes of at least 4 members (excludes halogenated alkanes) is 9. The SMILES string of the molecule is CCCCCCCCCCCCO[C@H]1CC[C@H](c2ccc(C=C(F)F)cc2)CC1. The number of ether oxygens (including phenoxy) is 1. The molecule has 1 aliphatic rings. The summed E-state index contributed by atoms with van der Waals surface area (Å²) < 4.78 is 30.8. The van der Waals surface area contributed by atoms with Gasteiger partial charge in [0.2, 0.25) is 0 Å². The van der Waals surface area contributed by atoms with E-state index in [0.29, 0.717) is 17.6 Å². The molecule has 164 valence electrons. The molecular weight excluding hydrogens is 366 g/mol. The normalized spacial score (nSPS) is 19.3. The van der Waals surface area contributed by atoms with E-state index in [0.717, 1.165) is 38.4 Å². The van der Waals surface area contributed by atoms with Gasteiger partial charge in [-0.05, 0) is 49.1 Å². The van der Waals surface area contributed by atoms with Gasteiger partial charge in [0.1, 0.15) is 0 Å². The quantitative estimate of drug-likeness (QED) is 0.280. The van der Waals surface area contributed by atoms with E-state index in [9.17, 15) is 8.78 Å². The van der Waals surface area contributed by atoms with Crippen molar-refractivity contribution < 1.29 is 13.5 Å². The number of hydrogen-bond acceptors (Lipinski definition) is 1. The Bertz CT molecular complexity index is 555. The summed E-state index contributed by atoms with van der Waals surface area (Å²) >= 11 is 0. The lowest BCUT2D eigenvalue weighted by molar-refractivity contribution is 0.0226. The van der Waals surface area contributed by atoms with Crippen LogP contribution in [-0.2, 0) is 4.74 Å². The van der Waals surface area contributed by atoms with Gasteiger partial charge in [0.15, 0.2) is 0 Å². The van der Waals surface area contributed by atoms with Crippen LogP contribution in [0, 0.1) is 0 Å². The Balaban J connectivity index is 1.49. The molecule has 1 aromatic rings. The van der Waals surface area contributed by atoms with Crippen LogP contribution in [0.25, 0.3) is 6.08 Å². The van der Waals surface area contributed by atoms with Gasteiger partial charge in [-0.3, -0.25) is 0 Å². The highest BCUT2D eigenvalue weighted by Crippen LogP contribution is 2.34. The summed E-state index contributed by atoms with van der Waals surface area (Å²) in [5, 5.41) is 0. The molecule has 0 heterocycles. The summed E-state index contributed by atoms with van der Waals surface area (Å²) in [4.78, 5) is 0. The standard InChI is InChI=1S/C26H40F2O/c1-2-3-4-5-6-7-8-9-10-11-20-29-25-18-16-24(17-19-25)23-14-12-22(13-15-23)21-26(27)28/h12-15,21,24-25H,2-11,16-20H2,1H3/t24-,25-. The molecule has 0 unspecified atom stereocenters. The van der Waals surface area contributed by atoms with Gasteiger partial charge in [-0.25, -0.2) is 0 Å². The minimum atomic E-state index is -1.64. The Morgan fingerprint density at radius 3 is 1.93 bits per heavy atom. The highest BCUT2D eigenvalue weighted by atomic mass is 19.3. The molecule has 3 heteroatoms. The molecule has 0 radical (unpaired) electrons. The molecule has 0 bridgehead atoms. The zero-order chi connectivity index (χ0) is 20.7. The van der Waals surface area contributed by atoms with Gasteiger partial charge in [-0.15, -0.1) is 0 Å². The van der Waals surface area contributed by atoms with Crippen molar-refractivity contribution in [1.29, 1.82) is 0 Å². The van der Waals surface area contributed by atoms with Gasteiger partial charge in [0, 0.05) is 12.7 Å². The Labute approximate surface area is 176 Å². The van der Waals surface area contributed by atoms with Crippen LogP contribution in [0.3, 0.4) is 0 Å². The highest BCUT2D eigenvalue weighted by Gasteiger charge is 2.22. The molecular formula is C26H40F2O. The first-order valence-corrected chi connectivity index (χ1v) is 11.9. The van der Waals surface area contributed by atoms with Crippen molar-refractivity contribution in [2.45, 2.75) is 109 Å². The van der Waals surface area contributed by atoms with Crippen LogP contribution in [-0.4, -0.2) is 12.7 Å². The maximum Gasteiger partial charge on any atom is 0.270 e. The topological polar surface area (TPSA) is 9.23 Å². The predicted molar refractivity (Wildman–Crippen MR) is 119 cm³/mol. The lowest BCUT2D eigenvalue weighted by Gasteiger charge is -2.29. The van der Waals surface area contributed by atoms with Gasteiger partial charge < -0.3 is 4.74 Å². The number of benzene rings is 1. The molecule has 1 saturated carbocycles. The fourth-order valence-corrected chi connectivity index (χ4v) is 4.39. The number of halogens is 2. The van der Waals surface area contributed by atoms with Crippen molar-refractivity contribution in [1.82, 2.24) is 0 Å². The summed E-state index contributed by atoms with van der Waals surface area (Å²) in [7, 11) is 0. The van der Waals surface area contributed by atoms with Crippen molar-refractivity contribution in [2.24, 2.45) is 0 Å². The van der Waals surface area contributed by atoms with E-state index in [-0.39, 0.29) is 0 Å². The molecule has 0 saturated heterocycles. The molecule has 0 aromatic heterocycles. The van der Waals surface area contributed by atoms with Crippen LogP contribution < -0.4 is 0 Å². The van der Waals surface area contributed by atoms with Crippen LogP contribution in [0.4, 0.5) is 8.78 Å². The smallest absolute Gasteiger partial charge is 0.270 e. The van der Waals surface area contributed by atoms with Crippen LogP contribution in [0.15, 0.2) is 30.3 Å². The first-order valence-electron chi connectivity index (χ1n) is 11.9. The lowest BCUT2D eigenvalue weighted by Crippen LogP contribution is -2.21. The van der Waals surface area contributed by atoms with Crippen LogP contribution >= 0.6 is 0 Å². The van der Waals surface area contributed by atoms with E-state index in [1.165, 1.54) is 69.8 Å². The highest BCUT2D eigenvalue weighted by molar-refractivity contribution is 5.50. The molecule has 0 spiro atoms. The summed E-state index contributed by atoms with van der Waals surface area (Å²) in [5.41, 5.74) is 1.84. The summed E-state index contributed by atoms with van der Waals surface area (Å²) in [6, 6.07) is 7.60. The largest absolute Gasteiger partial charge is 0.378 e. The third-order valence-corrected chi connectivity index (χ3v) is 6.21. The van der Waals surface area contributed by atoms with Gasteiger partial charge >= 0.3 is 0 Å². The zero-order valence-corrected chi connectivity index (χ0v) is 18.3. The molecule has 0 amide bonds. The zero-order valence-electron chi connectivity index (χ0n) is 18.3. The molecule has 29 heavy (non-hydrogen) atoms. The second kappa shape index (κ2) is 14.7. The van der Waals surface area contributed by atoms with E-state index in [4.69, 9.17) is 4.74 Å². The Morgan fingerprint density at radius 2 is 1.38 bits per heavy atom. The molecule has 1 aliphatic carbocycles. The van der Waals surface area contributed by atoms with E-state index in [1.54, 1.807) is 12.1 Å². The summed E-state index contributed by atoms with van der Waals surface area (Å²) in [5.74, 6) is 0.542. The van der Waals surface area contributed by atoms with Gasteiger partial charge in [0.25, 0.3) is 6.08 Å². The Morgan fingerprint density at radius 1 is 0.828 bits per heavy atom. The fourth-order valence-electron chi connectivity index (χ4n) is 4.39. The molecule has 1 aromatic carbocycles. The lowest BCUT2D eigenvalue weighted by atomic mass is 9.82. The Hall–Kier alpha value is -1.22. The third kappa shape index (κ3) is 10.4. The molecule has 1 nitrogen and oxygen atoms in total. The van der Waals surface area contributed by atoms with Crippen molar-refractivity contribution in [3.8, 4) is 0 Å². The van der Waals surface area contributed by atoms with Gasteiger partial charge in [-0.1, -0.05) is 89.0 Å². The van der Waals surface area contributed by atoms with E-state index in [2.05, 4.69) is 6.92 Å². The van der Waals surface area contributed by atoms with Crippen molar-refractivity contribution >= 4 is 6.08 Å². The molecule has 2 rings (SSSR count). The maximum absolute atomic E-state index is 12.3. The van der Waals surface area contributed by atoms with Crippen LogP contribution in [0.1, 0.15) is 114 Å². The van der Waals surface area contributed by atoms with E-state index in [1.807, 2.05) is 12.1 Å². The molecule has 0 atom stereocenters. The Kier molecular flexibility index (Phi) is 12.2. The minimum Gasteiger partial charge on any atom is -0.378 e. The predicted octanol–water partition coefficient (Wildman–Crippen LogP) is 8.89. The van der Waals surface area contributed by atoms with Crippen molar-refractivity contribution in [2.75, 3.05) is 6.61 Å². The third-order valence-electron chi connectivity index (χ3n) is 6.21. The summed E-state index contributed by atoms with van der Waals surface area (Å²) in [6.45, 7) is 3.17. The van der Waals surface area contributed by atoms with Crippen molar-refractivity contribution in [3.63, 3.8) is 0 Å². The van der Waals surface area contributed by atoms with Crippen molar-refractivity contribution in [3.05, 3.63) is 41.5 Å². The second-order valence-corrected chi connectivity index (χ2v) is 8.63. The first-order chi connectivity index (χ1) is 14.2. The minimum absolute atomic E-state index is 0.410. The van der Waals surface area contributed by atoms with Gasteiger partial charge in [0.05, 0.1) is 6.10 Å².